The van der Waals surface area contributed by atoms with Gasteiger partial charge in [-0.25, -0.2) is 23.9 Å². The van der Waals surface area contributed by atoms with Crippen molar-refractivity contribution in [3.05, 3.63) is 59.0 Å². The lowest BCUT2D eigenvalue weighted by Crippen LogP contribution is -2.53. The van der Waals surface area contributed by atoms with Crippen LogP contribution in [0.2, 0.25) is 0 Å². The van der Waals surface area contributed by atoms with Crippen molar-refractivity contribution in [3.8, 4) is 23.0 Å². The number of rotatable bonds is 10. The number of pyridine rings is 1. The zero-order chi connectivity index (χ0) is 36.0. The molecule has 1 aliphatic heterocycles. The molecular weight excluding hydrogens is 550 g/mol. The van der Waals surface area contributed by atoms with Gasteiger partial charge in [0.15, 0.2) is 34.5 Å². The number of hydrogen-bond donors (Lipinski definition) is 2. The summed E-state index contributed by atoms with van der Waals surface area (Å²) in [6.45, 7) is -8.54. The highest BCUT2D eigenvalue weighted by Gasteiger charge is 2.42. The summed E-state index contributed by atoms with van der Waals surface area (Å²) < 4.78 is 116. The second-order valence-electron chi connectivity index (χ2n) is 8.15. The van der Waals surface area contributed by atoms with E-state index in [1.807, 2.05) is 0 Å². The molecule has 0 spiro atoms. The molecule has 3 heterocycles. The Labute approximate surface area is 240 Å². The van der Waals surface area contributed by atoms with Gasteiger partial charge in [-0.05, 0) is 43.5 Å². The Hall–Kier alpha value is -3.84. The van der Waals surface area contributed by atoms with Gasteiger partial charge in [0.1, 0.15) is 12.6 Å². The van der Waals surface area contributed by atoms with Crippen LogP contribution in [-0.4, -0.2) is 64.3 Å². The Balaban J connectivity index is 1.76. The Bertz CT molecular complexity index is 1750. The number of hydrogen-bond acceptors (Lipinski definition) is 10. The van der Waals surface area contributed by atoms with E-state index in [2.05, 4.69) is 19.5 Å². The molecule has 0 radical (unpaired) electrons. The molecule has 4 rings (SSSR count). The third kappa shape index (κ3) is 6.31. The van der Waals surface area contributed by atoms with Crippen LogP contribution < -0.4 is 23.8 Å². The van der Waals surface area contributed by atoms with Crippen LogP contribution in [-0.2, 0) is 26.7 Å². The average molecular weight is 587 g/mol. The normalized spacial score (nSPS) is 17.9. The van der Waals surface area contributed by atoms with Crippen molar-refractivity contribution in [1.29, 1.82) is 0 Å². The highest BCUT2D eigenvalue weighted by atomic mass is 31.2. The molecule has 0 saturated heterocycles. The Morgan fingerprint density at radius 2 is 1.82 bits per heavy atom. The number of halogens is 1. The second kappa shape index (κ2) is 11.3. The van der Waals surface area contributed by atoms with E-state index >= 15 is 0 Å². The zero-order valence-electron chi connectivity index (χ0n) is 29.2. The summed E-state index contributed by atoms with van der Waals surface area (Å²) in [6.07, 6.45) is 0.187. The van der Waals surface area contributed by atoms with E-state index < -0.39 is 63.6 Å². The third-order valence-electron chi connectivity index (χ3n) is 5.42. The Morgan fingerprint density at radius 1 is 1.12 bits per heavy atom. The first-order valence-corrected chi connectivity index (χ1v) is 12.7. The van der Waals surface area contributed by atoms with Gasteiger partial charge in [0, 0.05) is 26.8 Å². The molecule has 0 aliphatic carbocycles. The quantitative estimate of drug-likeness (QED) is 0.335. The van der Waals surface area contributed by atoms with Gasteiger partial charge in [0.25, 0.3) is 5.91 Å². The molecule has 0 bridgehead atoms. The molecule has 0 saturated carbocycles. The second-order valence-corrected chi connectivity index (χ2v) is 9.39. The molecule has 15 heteroatoms. The zero-order valence-corrected chi connectivity index (χ0v) is 22.1. The molecule has 0 unspecified atom stereocenters. The number of nitrogens with zero attached hydrogens (tertiary/aromatic N) is 4. The average Bonchev–Trinajstić information content (AvgIpc) is 2.98. The molecule has 40 heavy (non-hydrogen) atoms. The first-order valence-electron chi connectivity index (χ1n) is 15.2. The minimum absolute atomic E-state index is 0.0222. The minimum Gasteiger partial charge on any atom is -0.493 e. The maximum absolute atomic E-state index is 15.0. The van der Waals surface area contributed by atoms with Crippen LogP contribution in [0.5, 0.6) is 23.0 Å². The van der Waals surface area contributed by atoms with E-state index in [4.69, 9.17) is 29.9 Å². The first-order chi connectivity index (χ1) is 22.2. The van der Waals surface area contributed by atoms with Crippen LogP contribution in [0.15, 0.2) is 30.4 Å². The molecule has 1 aliphatic rings. The predicted molar refractivity (Wildman–Crippen MR) is 138 cm³/mol. The topological polar surface area (TPSA) is 163 Å². The lowest BCUT2D eigenvalue weighted by atomic mass is 10.1. The highest BCUT2D eigenvalue weighted by molar-refractivity contribution is 7.46. The van der Waals surface area contributed by atoms with Crippen LogP contribution in [0.4, 0.5) is 10.2 Å². The number of carbonyl (C=O) groups excluding carboxylic acids is 1. The first kappa shape index (κ1) is 20.1. The minimum atomic E-state index is -5.28. The van der Waals surface area contributed by atoms with Crippen LogP contribution in [0.3, 0.4) is 0 Å². The molecule has 1 aromatic carbocycles. The summed E-state index contributed by atoms with van der Waals surface area (Å²) in [7, 11) is -1.38. The lowest BCUT2D eigenvalue weighted by Gasteiger charge is -2.37. The standard InChI is InChI=1S/C25H28FN4O9P/c1-25(2)24(31)30(13-38-40(32,33)34)23-18(39-25)7-6-15(28-23)11-17-16(26)12-27-21(29-17)10-14-8-19(35-3)22(37-5)20(9-14)36-4/h6-9,12H,10-11,13H2,1-5H3,(H2,32,33,34)/i1D3,2D3,8D,9D. The summed E-state index contributed by atoms with van der Waals surface area (Å²) in [5.41, 5.74) is -3.72. The van der Waals surface area contributed by atoms with Gasteiger partial charge in [-0.2, -0.15) is 0 Å². The van der Waals surface area contributed by atoms with Gasteiger partial charge in [-0.3, -0.25) is 14.2 Å². The molecule has 2 N–H and O–H groups in total. The number of phosphoric ester groups is 1. The van der Waals surface area contributed by atoms with Crippen molar-refractivity contribution >= 4 is 19.5 Å². The maximum Gasteiger partial charge on any atom is 0.471 e. The van der Waals surface area contributed by atoms with Crippen LogP contribution >= 0.6 is 7.82 Å². The fraction of sp³-hybridized carbons (Fsp3) is 0.360. The van der Waals surface area contributed by atoms with E-state index in [0.29, 0.717) is 4.90 Å². The van der Waals surface area contributed by atoms with Crippen LogP contribution in [0, 0.1) is 5.82 Å². The van der Waals surface area contributed by atoms with E-state index in [-0.39, 0.29) is 58.5 Å². The third-order valence-corrected chi connectivity index (χ3v) is 5.87. The number of anilines is 1. The summed E-state index contributed by atoms with van der Waals surface area (Å²) in [4.78, 5) is 44.6. The molecule has 0 fully saturated rings. The summed E-state index contributed by atoms with van der Waals surface area (Å²) >= 11 is 0. The summed E-state index contributed by atoms with van der Waals surface area (Å²) in [5, 5.41) is 0. The summed E-state index contributed by atoms with van der Waals surface area (Å²) in [6, 6.07) is 1.80. The van der Waals surface area contributed by atoms with E-state index in [1.165, 1.54) is 27.4 Å². The number of fused-ring (bicyclic) bond motifs is 1. The monoisotopic (exact) mass is 586 g/mol. The van der Waals surface area contributed by atoms with Crippen molar-refractivity contribution in [2.24, 2.45) is 0 Å². The molecule has 0 atom stereocenters. The molecule has 13 nitrogen and oxygen atoms in total. The van der Waals surface area contributed by atoms with E-state index in [9.17, 15) is 23.5 Å². The van der Waals surface area contributed by atoms with E-state index in [1.54, 1.807) is 0 Å². The largest absolute Gasteiger partial charge is 0.493 e. The fourth-order valence-corrected chi connectivity index (χ4v) is 3.93. The fourth-order valence-electron chi connectivity index (χ4n) is 3.66. The van der Waals surface area contributed by atoms with Gasteiger partial charge in [-0.1, -0.05) is 0 Å². The Kier molecular flexibility index (Phi) is 5.70. The number of aromatic nitrogens is 3. The van der Waals surface area contributed by atoms with Crippen molar-refractivity contribution in [3.63, 3.8) is 0 Å². The molecule has 214 valence electrons. The van der Waals surface area contributed by atoms with Gasteiger partial charge in [0.2, 0.25) is 5.75 Å². The van der Waals surface area contributed by atoms with Crippen LogP contribution in [0.1, 0.15) is 47.4 Å². The van der Waals surface area contributed by atoms with Gasteiger partial charge in [0.05, 0.1) is 36.0 Å². The van der Waals surface area contributed by atoms with Gasteiger partial charge < -0.3 is 28.7 Å². The van der Waals surface area contributed by atoms with Crippen molar-refractivity contribution in [2.45, 2.75) is 32.1 Å². The van der Waals surface area contributed by atoms with Crippen molar-refractivity contribution in [1.82, 2.24) is 15.0 Å². The SMILES string of the molecule is [2H]c1c(Cc2ncc(F)c(Cc3ccc4c(n3)N(COP(=O)(O)O)C(=O)C(C([2H])([2H])[2H])(C([2H])([2H])[2H])O4)n2)c([2H])c(OC)c(OC)c1OC. The summed E-state index contributed by atoms with van der Waals surface area (Å²) in [5.74, 6) is -3.83. The van der Waals surface area contributed by atoms with Gasteiger partial charge in [-0.15, -0.1) is 0 Å². The number of methoxy groups -OCH3 is 3. The molecular formula is C25H28FN4O9P. The molecule has 1 amide bonds. The Morgan fingerprint density at radius 3 is 2.42 bits per heavy atom. The molecule has 3 aromatic rings. The predicted octanol–water partition coefficient (Wildman–Crippen LogP) is 2.79. The smallest absolute Gasteiger partial charge is 0.471 e. The maximum atomic E-state index is 15.0. The number of phosphoric acid groups is 1. The van der Waals surface area contributed by atoms with Crippen molar-refractivity contribution in [2.75, 3.05) is 33.0 Å². The number of carbonyl (C=O) groups is 1. The number of benzene rings is 1. The van der Waals surface area contributed by atoms with E-state index in [0.717, 1.165) is 12.3 Å². The number of amides is 1. The number of ether oxygens (including phenoxy) is 4. The molecule has 2 aromatic heterocycles. The van der Waals surface area contributed by atoms with Crippen LogP contribution in [0.25, 0.3) is 0 Å². The lowest BCUT2D eigenvalue weighted by molar-refractivity contribution is -0.133. The highest BCUT2D eigenvalue weighted by Crippen LogP contribution is 2.41. The van der Waals surface area contributed by atoms with Gasteiger partial charge >= 0.3 is 7.82 Å². The van der Waals surface area contributed by atoms with Crippen molar-refractivity contribution < 1.29 is 58.0 Å².